The zero-order chi connectivity index (χ0) is 14.3. The van der Waals surface area contributed by atoms with E-state index in [-0.39, 0.29) is 10.9 Å². The Balaban J connectivity index is 2.21. The number of fused-ring (bicyclic) bond motifs is 1. The first-order chi connectivity index (χ1) is 8.72. The van der Waals surface area contributed by atoms with E-state index in [9.17, 15) is 4.39 Å². The van der Waals surface area contributed by atoms with Gasteiger partial charge in [0.2, 0.25) is 0 Å². The molecule has 0 aliphatic carbocycles. The number of hydrogen-bond donors (Lipinski definition) is 0. The average Bonchev–Trinajstić information content (AvgIpc) is 2.75. The van der Waals surface area contributed by atoms with Crippen molar-refractivity contribution >= 4 is 29.7 Å². The van der Waals surface area contributed by atoms with Crippen LogP contribution in [-0.4, -0.2) is 8.32 Å². The second kappa shape index (κ2) is 5.00. The molecule has 1 nitrogen and oxygen atoms in total. The molecule has 0 atom stereocenters. The third-order valence-electron chi connectivity index (χ3n) is 4.04. The van der Waals surface area contributed by atoms with Crippen LogP contribution in [0.15, 0.2) is 23.6 Å². The summed E-state index contributed by atoms with van der Waals surface area (Å²) in [5.74, 6) is -0.119. The molecule has 0 N–H and O–H groups in total. The number of hydrogen-bond acceptors (Lipinski definition) is 2. The third-order valence-corrected chi connectivity index (χ3v) is 9.44. The van der Waals surface area contributed by atoms with E-state index in [4.69, 9.17) is 4.43 Å². The van der Waals surface area contributed by atoms with Gasteiger partial charge in [-0.05, 0) is 35.0 Å². The van der Waals surface area contributed by atoms with Gasteiger partial charge >= 0.3 is 0 Å². The maximum absolute atomic E-state index is 14.3. The van der Waals surface area contributed by atoms with E-state index in [1.54, 1.807) is 0 Å². The highest BCUT2D eigenvalue weighted by Gasteiger charge is 2.37. The largest absolute Gasteiger partial charge is 0.412 e. The van der Waals surface area contributed by atoms with Gasteiger partial charge in [-0.2, -0.15) is 0 Å². The minimum atomic E-state index is -1.83. The van der Waals surface area contributed by atoms with E-state index in [1.165, 1.54) is 11.3 Å². The molecule has 0 aliphatic rings. The summed E-state index contributed by atoms with van der Waals surface area (Å²) in [5, 5.41) is 3.04. The van der Waals surface area contributed by atoms with Gasteiger partial charge in [0.1, 0.15) is 5.82 Å². The normalized spacial score (nSPS) is 13.2. The quantitative estimate of drug-likeness (QED) is 0.674. The minimum absolute atomic E-state index is 0.119. The van der Waals surface area contributed by atoms with Gasteiger partial charge in [-0.3, -0.25) is 0 Å². The van der Waals surface area contributed by atoms with Crippen LogP contribution in [0.4, 0.5) is 4.39 Å². The summed E-state index contributed by atoms with van der Waals surface area (Å²) in [6, 6.07) is 5.76. The molecule has 0 saturated heterocycles. The highest BCUT2D eigenvalue weighted by Crippen LogP contribution is 2.37. The van der Waals surface area contributed by atoms with Crippen molar-refractivity contribution in [3.8, 4) is 0 Å². The van der Waals surface area contributed by atoms with Crippen molar-refractivity contribution in [2.24, 2.45) is 0 Å². The molecule has 0 aliphatic heterocycles. The Morgan fingerprint density at radius 1 is 1.21 bits per heavy atom. The Hall–Kier alpha value is -0.713. The Labute approximate surface area is 119 Å². The van der Waals surface area contributed by atoms with Crippen LogP contribution in [0, 0.1) is 5.82 Å². The Bertz CT molecular complexity index is 583. The second-order valence-electron chi connectivity index (χ2n) is 6.43. The summed E-state index contributed by atoms with van der Waals surface area (Å²) in [7, 11) is -1.83. The van der Waals surface area contributed by atoms with Crippen molar-refractivity contribution in [2.75, 3.05) is 0 Å². The van der Waals surface area contributed by atoms with Crippen molar-refractivity contribution in [1.29, 1.82) is 0 Å². The number of thiophene rings is 1. The van der Waals surface area contributed by atoms with Gasteiger partial charge in [0, 0.05) is 5.56 Å². The highest BCUT2D eigenvalue weighted by molar-refractivity contribution is 7.17. The molecule has 1 aromatic heterocycles. The van der Waals surface area contributed by atoms with Gasteiger partial charge in [-0.25, -0.2) is 4.39 Å². The van der Waals surface area contributed by atoms with Crippen LogP contribution in [0.2, 0.25) is 18.1 Å². The summed E-state index contributed by atoms with van der Waals surface area (Å²) in [6.45, 7) is 11.3. The molecule has 0 fully saturated rings. The fourth-order valence-electron chi connectivity index (χ4n) is 1.62. The minimum Gasteiger partial charge on any atom is -0.412 e. The van der Waals surface area contributed by atoms with Crippen LogP contribution in [-0.2, 0) is 11.0 Å². The molecule has 19 heavy (non-hydrogen) atoms. The van der Waals surface area contributed by atoms with Gasteiger partial charge in [-0.1, -0.05) is 32.9 Å². The van der Waals surface area contributed by atoms with Crippen LogP contribution in [0.5, 0.6) is 0 Å². The second-order valence-corrected chi connectivity index (χ2v) is 12.2. The van der Waals surface area contributed by atoms with E-state index in [1.807, 2.05) is 23.6 Å². The van der Waals surface area contributed by atoms with Gasteiger partial charge < -0.3 is 4.43 Å². The maximum Gasteiger partial charge on any atom is 0.192 e. The lowest BCUT2D eigenvalue weighted by molar-refractivity contribution is 0.271. The van der Waals surface area contributed by atoms with Gasteiger partial charge in [0.15, 0.2) is 8.32 Å². The molecule has 4 heteroatoms. The molecule has 1 heterocycles. The van der Waals surface area contributed by atoms with Gasteiger partial charge in [0.05, 0.1) is 11.3 Å². The lowest BCUT2D eigenvalue weighted by Gasteiger charge is -2.36. The summed E-state index contributed by atoms with van der Waals surface area (Å²) < 4.78 is 21.1. The fourth-order valence-corrected chi connectivity index (χ4v) is 3.43. The highest BCUT2D eigenvalue weighted by atomic mass is 32.1. The summed E-state index contributed by atoms with van der Waals surface area (Å²) in [6.07, 6.45) is 0. The van der Waals surface area contributed by atoms with Crippen LogP contribution < -0.4 is 0 Å². The molecule has 2 rings (SSSR count). The first kappa shape index (κ1) is 14.7. The van der Waals surface area contributed by atoms with Crippen LogP contribution in [0.1, 0.15) is 26.3 Å². The standard InChI is InChI=1S/C15H21FOSSi/c1-15(2,3)19(4,5)17-10-12-7-6-11-8-9-18-14(11)13(12)16/h6-9H,10H2,1-5H3. The summed E-state index contributed by atoms with van der Waals surface area (Å²) >= 11 is 1.45. The molecule has 1 aromatic carbocycles. The van der Waals surface area contributed by atoms with E-state index in [0.717, 1.165) is 10.1 Å². The molecule has 2 aromatic rings. The van der Waals surface area contributed by atoms with Gasteiger partial charge in [0.25, 0.3) is 0 Å². The lowest BCUT2D eigenvalue weighted by Crippen LogP contribution is -2.40. The van der Waals surface area contributed by atoms with E-state index in [2.05, 4.69) is 33.9 Å². The molecule has 104 valence electrons. The Kier molecular flexibility index (Phi) is 3.87. The first-order valence-electron chi connectivity index (χ1n) is 6.51. The van der Waals surface area contributed by atoms with E-state index in [0.29, 0.717) is 12.2 Å². The molecule has 0 amide bonds. The zero-order valence-corrected chi connectivity index (χ0v) is 14.0. The van der Waals surface area contributed by atoms with Crippen LogP contribution >= 0.6 is 11.3 Å². The fraction of sp³-hybridized carbons (Fsp3) is 0.467. The predicted molar refractivity (Wildman–Crippen MR) is 83.8 cm³/mol. The number of halogens is 1. The van der Waals surface area contributed by atoms with Crippen molar-refractivity contribution in [1.82, 2.24) is 0 Å². The lowest BCUT2D eigenvalue weighted by atomic mass is 10.2. The first-order valence-corrected chi connectivity index (χ1v) is 10.3. The smallest absolute Gasteiger partial charge is 0.192 e. The zero-order valence-electron chi connectivity index (χ0n) is 12.2. The van der Waals surface area contributed by atoms with Crippen LogP contribution in [0.3, 0.4) is 0 Å². The van der Waals surface area contributed by atoms with Crippen molar-refractivity contribution in [3.63, 3.8) is 0 Å². The molecule has 0 bridgehead atoms. The molecule has 0 radical (unpaired) electrons. The summed E-state index contributed by atoms with van der Waals surface area (Å²) in [4.78, 5) is 0. The number of rotatable bonds is 3. The molecular weight excluding hydrogens is 275 g/mol. The molecule has 0 spiro atoms. The SMILES string of the molecule is CC(C)(C)[Si](C)(C)OCc1ccc2ccsc2c1F. The van der Waals surface area contributed by atoms with Gasteiger partial charge in [-0.15, -0.1) is 11.3 Å². The Morgan fingerprint density at radius 3 is 2.53 bits per heavy atom. The number of benzene rings is 1. The molecule has 0 unspecified atom stereocenters. The topological polar surface area (TPSA) is 9.23 Å². The van der Waals surface area contributed by atoms with Crippen molar-refractivity contribution in [3.05, 3.63) is 35.0 Å². The monoisotopic (exact) mass is 296 g/mol. The van der Waals surface area contributed by atoms with E-state index >= 15 is 0 Å². The summed E-state index contributed by atoms with van der Waals surface area (Å²) in [5.41, 5.74) is 0.666. The predicted octanol–water partition coefficient (Wildman–Crippen LogP) is 5.56. The van der Waals surface area contributed by atoms with Crippen molar-refractivity contribution < 1.29 is 8.82 Å². The van der Waals surface area contributed by atoms with Crippen LogP contribution in [0.25, 0.3) is 10.1 Å². The van der Waals surface area contributed by atoms with E-state index < -0.39 is 8.32 Å². The third kappa shape index (κ3) is 2.91. The molecule has 0 saturated carbocycles. The Morgan fingerprint density at radius 2 is 1.89 bits per heavy atom. The van der Waals surface area contributed by atoms with Crippen molar-refractivity contribution in [2.45, 2.75) is 45.5 Å². The average molecular weight is 296 g/mol. The molecular formula is C15H21FOSSi. The maximum atomic E-state index is 14.3.